The van der Waals surface area contributed by atoms with E-state index in [-0.39, 0.29) is 5.56 Å². The number of benzene rings is 1. The molecule has 0 heterocycles. The quantitative estimate of drug-likeness (QED) is 0.780. The van der Waals surface area contributed by atoms with Crippen LogP contribution in [0, 0.1) is 5.82 Å². The van der Waals surface area contributed by atoms with Crippen LogP contribution < -0.4 is 5.73 Å². The van der Waals surface area contributed by atoms with Crippen molar-refractivity contribution < 1.29 is 17.6 Å². The fourth-order valence-corrected chi connectivity index (χ4v) is 1.26. The summed E-state index contributed by atoms with van der Waals surface area (Å²) in [6.07, 6.45) is 0. The van der Waals surface area contributed by atoms with Crippen LogP contribution in [0.4, 0.5) is 17.6 Å². The lowest BCUT2D eigenvalue weighted by Gasteiger charge is -2.16. The maximum Gasteiger partial charge on any atom is 0.303 e. The van der Waals surface area contributed by atoms with Crippen LogP contribution in [0.25, 0.3) is 0 Å². The highest BCUT2D eigenvalue weighted by molar-refractivity contribution is 5.31. The third-order valence-electron chi connectivity index (χ3n) is 2.08. The van der Waals surface area contributed by atoms with Crippen LogP contribution >= 0.6 is 0 Å². The summed E-state index contributed by atoms with van der Waals surface area (Å²) < 4.78 is 51.4. The van der Waals surface area contributed by atoms with E-state index >= 15 is 0 Å². The van der Waals surface area contributed by atoms with Gasteiger partial charge in [-0.2, -0.15) is 8.78 Å². The van der Waals surface area contributed by atoms with Crippen molar-refractivity contribution in [2.45, 2.75) is 18.9 Å². The van der Waals surface area contributed by atoms with Crippen molar-refractivity contribution in [1.82, 2.24) is 0 Å². The Balaban J connectivity index is 3.27. The van der Waals surface area contributed by atoms with E-state index in [1.54, 1.807) is 0 Å². The minimum Gasteiger partial charge on any atom is -0.324 e. The predicted molar refractivity (Wildman–Crippen MR) is 48.9 cm³/mol. The maximum atomic E-state index is 13.5. The van der Waals surface area contributed by atoms with Gasteiger partial charge in [-0.25, -0.2) is 8.78 Å². The Morgan fingerprint density at radius 2 is 2.00 bits per heavy atom. The van der Waals surface area contributed by atoms with Crippen molar-refractivity contribution in [2.24, 2.45) is 5.73 Å². The molecule has 0 spiro atoms. The zero-order valence-electron chi connectivity index (χ0n) is 8.11. The molecule has 0 aliphatic carbocycles. The molecular formula is C10H11F4N. The molecule has 1 atom stereocenters. The summed E-state index contributed by atoms with van der Waals surface area (Å²) in [6.45, 7) is -0.456. The van der Waals surface area contributed by atoms with Gasteiger partial charge in [0.15, 0.2) is 6.67 Å². The molecule has 1 aromatic carbocycles. The van der Waals surface area contributed by atoms with Crippen molar-refractivity contribution in [3.63, 3.8) is 0 Å². The van der Waals surface area contributed by atoms with Gasteiger partial charge in [-0.15, -0.1) is 0 Å². The van der Waals surface area contributed by atoms with E-state index in [9.17, 15) is 17.6 Å². The van der Waals surface area contributed by atoms with Crippen LogP contribution in [-0.2, 0) is 5.92 Å². The Morgan fingerprint density at radius 1 is 1.40 bits per heavy atom. The van der Waals surface area contributed by atoms with Crippen molar-refractivity contribution in [1.29, 1.82) is 0 Å². The number of hydrogen-bond donors (Lipinski definition) is 1. The van der Waals surface area contributed by atoms with Gasteiger partial charge >= 0.3 is 5.92 Å². The average molecular weight is 221 g/mol. The van der Waals surface area contributed by atoms with Crippen LogP contribution in [0.1, 0.15) is 24.1 Å². The zero-order chi connectivity index (χ0) is 11.6. The van der Waals surface area contributed by atoms with Crippen molar-refractivity contribution in [3.8, 4) is 0 Å². The number of nitrogens with two attached hydrogens (primary N) is 1. The molecule has 84 valence electrons. The summed E-state index contributed by atoms with van der Waals surface area (Å²) >= 11 is 0. The molecule has 0 aliphatic rings. The second kappa shape index (κ2) is 4.18. The van der Waals surface area contributed by atoms with Crippen LogP contribution in [0.5, 0.6) is 0 Å². The van der Waals surface area contributed by atoms with E-state index in [1.165, 1.54) is 19.1 Å². The second-order valence-electron chi connectivity index (χ2n) is 3.34. The fourth-order valence-electron chi connectivity index (χ4n) is 1.26. The van der Waals surface area contributed by atoms with E-state index < -0.39 is 30.0 Å². The van der Waals surface area contributed by atoms with E-state index in [0.717, 1.165) is 6.07 Å². The Hall–Kier alpha value is -1.10. The molecule has 0 saturated heterocycles. The average Bonchev–Trinajstić information content (AvgIpc) is 2.17. The van der Waals surface area contributed by atoms with Crippen molar-refractivity contribution >= 4 is 0 Å². The highest BCUT2D eigenvalue weighted by Crippen LogP contribution is 2.32. The molecule has 0 saturated carbocycles. The highest BCUT2D eigenvalue weighted by Gasteiger charge is 2.35. The van der Waals surface area contributed by atoms with Crippen LogP contribution in [-0.4, -0.2) is 6.67 Å². The molecule has 0 unspecified atom stereocenters. The number of alkyl halides is 3. The minimum atomic E-state index is -3.80. The molecule has 0 radical (unpaired) electrons. The monoisotopic (exact) mass is 221 g/mol. The van der Waals surface area contributed by atoms with E-state index in [2.05, 4.69) is 0 Å². The first-order valence-electron chi connectivity index (χ1n) is 4.38. The highest BCUT2D eigenvalue weighted by atomic mass is 19.3. The standard InChI is InChI=1S/C10H11F4N/c1-6(15)7-3-2-4-8(9(7)12)10(13,14)5-11/h2-4,6H,5,15H2,1H3/t6-/m1/s1. The van der Waals surface area contributed by atoms with Gasteiger partial charge in [0.25, 0.3) is 0 Å². The molecule has 1 nitrogen and oxygen atoms in total. The smallest absolute Gasteiger partial charge is 0.303 e. The molecular weight excluding hydrogens is 210 g/mol. The number of rotatable bonds is 3. The lowest BCUT2D eigenvalue weighted by atomic mass is 10.0. The van der Waals surface area contributed by atoms with Gasteiger partial charge in [-0.3, -0.25) is 0 Å². The lowest BCUT2D eigenvalue weighted by Crippen LogP contribution is -2.20. The van der Waals surface area contributed by atoms with Gasteiger partial charge in [-0.05, 0) is 13.0 Å². The summed E-state index contributed by atoms with van der Waals surface area (Å²) in [7, 11) is 0. The largest absolute Gasteiger partial charge is 0.324 e. The SMILES string of the molecule is C[C@@H](N)c1cccc(C(F)(F)CF)c1F. The second-order valence-corrected chi connectivity index (χ2v) is 3.34. The van der Waals surface area contributed by atoms with Crippen LogP contribution in [0.2, 0.25) is 0 Å². The third kappa shape index (κ3) is 2.28. The van der Waals surface area contributed by atoms with Gasteiger partial charge < -0.3 is 5.73 Å². The first kappa shape index (κ1) is 12.0. The molecule has 0 aromatic heterocycles. The molecule has 15 heavy (non-hydrogen) atoms. The van der Waals surface area contributed by atoms with Crippen LogP contribution in [0.15, 0.2) is 18.2 Å². The normalized spacial score (nSPS) is 14.0. The van der Waals surface area contributed by atoms with Crippen LogP contribution in [0.3, 0.4) is 0 Å². The first-order valence-corrected chi connectivity index (χ1v) is 4.38. The van der Waals surface area contributed by atoms with Crippen molar-refractivity contribution in [2.75, 3.05) is 6.67 Å². The molecule has 0 fully saturated rings. The maximum absolute atomic E-state index is 13.5. The fraction of sp³-hybridized carbons (Fsp3) is 0.400. The third-order valence-corrected chi connectivity index (χ3v) is 2.08. The summed E-state index contributed by atoms with van der Waals surface area (Å²) in [5.41, 5.74) is 4.40. The molecule has 1 aromatic rings. The summed E-state index contributed by atoms with van der Waals surface area (Å²) in [5, 5.41) is 0. The van der Waals surface area contributed by atoms with E-state index in [0.29, 0.717) is 0 Å². The van der Waals surface area contributed by atoms with Gasteiger partial charge in [0.2, 0.25) is 0 Å². The molecule has 0 amide bonds. The topological polar surface area (TPSA) is 26.0 Å². The Bertz CT molecular complexity index is 349. The Kier molecular flexibility index (Phi) is 3.34. The molecule has 0 bridgehead atoms. The predicted octanol–water partition coefficient (Wildman–Crippen LogP) is 2.91. The van der Waals surface area contributed by atoms with Gasteiger partial charge in [0.05, 0.1) is 5.56 Å². The number of hydrogen-bond acceptors (Lipinski definition) is 1. The van der Waals surface area contributed by atoms with E-state index in [4.69, 9.17) is 5.73 Å². The summed E-state index contributed by atoms with van der Waals surface area (Å²) in [5.74, 6) is -4.93. The van der Waals surface area contributed by atoms with Gasteiger partial charge in [0, 0.05) is 11.6 Å². The Labute approximate surface area is 84.9 Å². The zero-order valence-corrected chi connectivity index (χ0v) is 8.11. The Morgan fingerprint density at radius 3 is 2.47 bits per heavy atom. The summed E-state index contributed by atoms with van der Waals surface area (Å²) in [4.78, 5) is 0. The summed E-state index contributed by atoms with van der Waals surface area (Å²) in [6, 6.07) is 2.69. The van der Waals surface area contributed by atoms with E-state index in [1.807, 2.05) is 0 Å². The van der Waals surface area contributed by atoms with Crippen molar-refractivity contribution in [3.05, 3.63) is 35.1 Å². The first-order chi connectivity index (χ1) is 6.90. The minimum absolute atomic E-state index is 0.0411. The van der Waals surface area contributed by atoms with Gasteiger partial charge in [-0.1, -0.05) is 12.1 Å². The molecule has 0 aliphatic heterocycles. The molecule has 1 rings (SSSR count). The number of halogens is 4. The molecule has 5 heteroatoms. The molecule has 2 N–H and O–H groups in total. The lowest BCUT2D eigenvalue weighted by molar-refractivity contribution is -0.0313. The van der Waals surface area contributed by atoms with Gasteiger partial charge in [0.1, 0.15) is 5.82 Å².